The van der Waals surface area contributed by atoms with E-state index in [0.717, 1.165) is 6.42 Å². The monoisotopic (exact) mass is 506 g/mol. The third-order valence-electron chi connectivity index (χ3n) is 4.83. The van der Waals surface area contributed by atoms with Crippen LogP contribution in [0.3, 0.4) is 0 Å². The van der Waals surface area contributed by atoms with Crippen LogP contribution in [0.25, 0.3) is 17.1 Å². The number of alkyl halides is 3. The van der Waals surface area contributed by atoms with Gasteiger partial charge in [0.1, 0.15) is 12.1 Å². The van der Waals surface area contributed by atoms with Crippen LogP contribution in [0.5, 0.6) is 5.75 Å². The number of nitrogens with zero attached hydrogens (tertiary/aromatic N) is 3. The summed E-state index contributed by atoms with van der Waals surface area (Å²) in [4.78, 5) is 28.5. The van der Waals surface area contributed by atoms with Gasteiger partial charge in [-0.15, -0.1) is 18.3 Å². The van der Waals surface area contributed by atoms with Gasteiger partial charge >= 0.3 is 18.4 Å². The van der Waals surface area contributed by atoms with E-state index in [1.54, 1.807) is 31.2 Å². The second-order valence-electron chi connectivity index (χ2n) is 7.55. The maximum absolute atomic E-state index is 12.3. The van der Waals surface area contributed by atoms with Gasteiger partial charge in [0.05, 0.1) is 12.3 Å². The second kappa shape index (κ2) is 12.0. The van der Waals surface area contributed by atoms with E-state index in [-0.39, 0.29) is 12.4 Å². The zero-order chi connectivity index (χ0) is 26.1. The lowest BCUT2D eigenvalue weighted by Crippen LogP contribution is -2.31. The van der Waals surface area contributed by atoms with Crippen molar-refractivity contribution in [1.29, 1.82) is 0 Å². The standard InChI is InChI=1S/C24H25F3N4O5/c1-3-5-6-20(22(32)34-4-2)35-23(33)29-17-9-7-16(8-10-17)21-28-15-31(30-21)18-11-13-19(14-12-18)36-24(25,26)27/h7-15,20H,3-6H2,1-2H3,(H,29,33). The van der Waals surface area contributed by atoms with Crippen LogP contribution in [0.2, 0.25) is 0 Å². The number of carbonyl (C=O) groups excluding carboxylic acids is 2. The lowest BCUT2D eigenvalue weighted by Gasteiger charge is -2.16. The topological polar surface area (TPSA) is 105 Å². The Kier molecular flexibility index (Phi) is 8.87. The van der Waals surface area contributed by atoms with E-state index in [1.807, 2.05) is 6.92 Å². The molecule has 1 amide bonds. The zero-order valence-electron chi connectivity index (χ0n) is 19.6. The smallest absolute Gasteiger partial charge is 0.463 e. The van der Waals surface area contributed by atoms with Crippen molar-refractivity contribution in [3.63, 3.8) is 0 Å². The number of hydrogen-bond acceptors (Lipinski definition) is 7. The average Bonchev–Trinajstić information content (AvgIpc) is 3.32. The number of esters is 1. The van der Waals surface area contributed by atoms with Gasteiger partial charge in [-0.25, -0.2) is 19.3 Å². The molecule has 1 unspecified atom stereocenters. The van der Waals surface area contributed by atoms with Crippen LogP contribution < -0.4 is 10.1 Å². The Balaban J connectivity index is 1.61. The average molecular weight is 506 g/mol. The minimum absolute atomic E-state index is 0.190. The van der Waals surface area contributed by atoms with Gasteiger partial charge in [-0.05, 0) is 68.3 Å². The Hall–Kier alpha value is -4.09. The lowest BCUT2D eigenvalue weighted by atomic mass is 10.1. The van der Waals surface area contributed by atoms with Crippen LogP contribution in [-0.2, 0) is 14.3 Å². The van der Waals surface area contributed by atoms with Gasteiger partial charge in [0.2, 0.25) is 6.10 Å². The van der Waals surface area contributed by atoms with E-state index in [9.17, 15) is 22.8 Å². The number of carbonyl (C=O) groups is 2. The van der Waals surface area contributed by atoms with Gasteiger partial charge in [-0.3, -0.25) is 5.32 Å². The van der Waals surface area contributed by atoms with Crippen LogP contribution in [-0.4, -0.2) is 45.9 Å². The molecule has 0 aliphatic carbocycles. The highest BCUT2D eigenvalue weighted by atomic mass is 19.4. The molecule has 1 atom stereocenters. The lowest BCUT2D eigenvalue weighted by molar-refractivity contribution is -0.274. The summed E-state index contributed by atoms with van der Waals surface area (Å²) in [6.07, 6.45) is -3.19. The number of nitrogens with one attached hydrogen (secondary N) is 1. The molecule has 0 spiro atoms. The molecule has 36 heavy (non-hydrogen) atoms. The second-order valence-corrected chi connectivity index (χ2v) is 7.55. The third kappa shape index (κ3) is 7.72. The molecule has 1 aromatic heterocycles. The number of anilines is 1. The van der Waals surface area contributed by atoms with E-state index in [0.29, 0.717) is 35.6 Å². The quantitative estimate of drug-likeness (QED) is 0.362. The van der Waals surface area contributed by atoms with Crippen molar-refractivity contribution in [1.82, 2.24) is 14.8 Å². The fourth-order valence-electron chi connectivity index (χ4n) is 3.15. The molecule has 0 fully saturated rings. The van der Waals surface area contributed by atoms with Gasteiger partial charge < -0.3 is 14.2 Å². The minimum Gasteiger partial charge on any atom is -0.463 e. The van der Waals surface area contributed by atoms with Crippen molar-refractivity contribution in [3.8, 4) is 22.8 Å². The number of unbranched alkanes of at least 4 members (excludes halogenated alkanes) is 1. The van der Waals surface area contributed by atoms with Crippen LogP contribution in [0.4, 0.5) is 23.7 Å². The Morgan fingerprint density at radius 3 is 2.36 bits per heavy atom. The predicted octanol–water partition coefficient (Wildman–Crippen LogP) is 5.50. The normalized spacial score (nSPS) is 12.0. The molecule has 0 radical (unpaired) electrons. The highest BCUT2D eigenvalue weighted by Gasteiger charge is 2.31. The van der Waals surface area contributed by atoms with Crippen LogP contribution in [0.1, 0.15) is 33.1 Å². The Morgan fingerprint density at radius 1 is 1.06 bits per heavy atom. The van der Waals surface area contributed by atoms with E-state index < -0.39 is 24.5 Å². The van der Waals surface area contributed by atoms with E-state index in [1.165, 1.54) is 35.3 Å². The molecule has 3 aromatic rings. The molecular formula is C24H25F3N4O5. The molecular weight excluding hydrogens is 481 g/mol. The fraction of sp³-hybridized carbons (Fsp3) is 0.333. The summed E-state index contributed by atoms with van der Waals surface area (Å²) in [5, 5.41) is 6.90. The number of ether oxygens (including phenoxy) is 3. The predicted molar refractivity (Wildman–Crippen MR) is 124 cm³/mol. The van der Waals surface area contributed by atoms with Crippen LogP contribution in [0.15, 0.2) is 54.9 Å². The summed E-state index contributed by atoms with van der Waals surface area (Å²) >= 11 is 0. The summed E-state index contributed by atoms with van der Waals surface area (Å²) in [6, 6.07) is 11.8. The van der Waals surface area contributed by atoms with Crippen molar-refractivity contribution >= 4 is 17.7 Å². The Morgan fingerprint density at radius 2 is 1.75 bits per heavy atom. The number of hydrogen-bond donors (Lipinski definition) is 1. The molecule has 0 aliphatic rings. The van der Waals surface area contributed by atoms with Crippen molar-refractivity contribution in [2.45, 2.75) is 45.6 Å². The zero-order valence-corrected chi connectivity index (χ0v) is 19.6. The van der Waals surface area contributed by atoms with Gasteiger partial charge in [0.25, 0.3) is 0 Å². The Labute approximate surface area is 205 Å². The number of benzene rings is 2. The number of aromatic nitrogens is 3. The van der Waals surface area contributed by atoms with Crippen molar-refractivity contribution in [3.05, 3.63) is 54.9 Å². The van der Waals surface area contributed by atoms with Crippen LogP contribution in [0, 0.1) is 0 Å². The summed E-state index contributed by atoms with van der Waals surface area (Å²) in [7, 11) is 0. The van der Waals surface area contributed by atoms with Crippen molar-refractivity contribution in [2.24, 2.45) is 0 Å². The van der Waals surface area contributed by atoms with E-state index in [2.05, 4.69) is 20.1 Å². The van der Waals surface area contributed by atoms with E-state index in [4.69, 9.17) is 9.47 Å². The SMILES string of the molecule is CCCCC(OC(=O)Nc1ccc(-c2ncn(-c3ccc(OC(F)(F)F)cc3)n2)cc1)C(=O)OCC. The molecule has 3 rings (SSSR count). The number of halogens is 3. The van der Waals surface area contributed by atoms with Gasteiger partial charge in [-0.2, -0.15) is 0 Å². The highest BCUT2D eigenvalue weighted by Crippen LogP contribution is 2.24. The summed E-state index contributed by atoms with van der Waals surface area (Å²) in [6.45, 7) is 3.83. The first-order chi connectivity index (χ1) is 17.2. The molecule has 1 N–H and O–H groups in total. The van der Waals surface area contributed by atoms with Gasteiger partial charge in [-0.1, -0.05) is 13.3 Å². The third-order valence-corrected chi connectivity index (χ3v) is 4.83. The molecule has 12 heteroatoms. The van der Waals surface area contributed by atoms with E-state index >= 15 is 0 Å². The first-order valence-electron chi connectivity index (χ1n) is 11.2. The molecule has 9 nitrogen and oxygen atoms in total. The molecule has 0 saturated heterocycles. The first-order valence-corrected chi connectivity index (χ1v) is 11.2. The van der Waals surface area contributed by atoms with Crippen molar-refractivity contribution < 1.29 is 37.0 Å². The van der Waals surface area contributed by atoms with Gasteiger partial charge in [0.15, 0.2) is 5.82 Å². The molecule has 0 bridgehead atoms. The molecule has 0 saturated carbocycles. The fourth-order valence-corrected chi connectivity index (χ4v) is 3.15. The molecule has 192 valence electrons. The summed E-state index contributed by atoms with van der Waals surface area (Å²) in [5.41, 5.74) is 1.56. The molecule has 0 aliphatic heterocycles. The number of amides is 1. The van der Waals surface area contributed by atoms with Crippen LogP contribution >= 0.6 is 0 Å². The summed E-state index contributed by atoms with van der Waals surface area (Å²) < 4.78 is 52.4. The summed E-state index contributed by atoms with van der Waals surface area (Å²) in [5.74, 6) is -0.561. The maximum Gasteiger partial charge on any atom is 0.573 e. The Bertz CT molecular complexity index is 1150. The molecule has 1 heterocycles. The van der Waals surface area contributed by atoms with Gasteiger partial charge in [0, 0.05) is 11.3 Å². The first kappa shape index (κ1) is 26.5. The number of rotatable bonds is 10. The highest BCUT2D eigenvalue weighted by molar-refractivity contribution is 5.87. The minimum atomic E-state index is -4.77. The van der Waals surface area contributed by atoms with Crippen molar-refractivity contribution in [2.75, 3.05) is 11.9 Å². The largest absolute Gasteiger partial charge is 0.573 e. The maximum atomic E-state index is 12.3. The molecule has 2 aromatic carbocycles.